The van der Waals surface area contributed by atoms with Crippen molar-refractivity contribution < 1.29 is 4.79 Å². The molecule has 0 unspecified atom stereocenters. The summed E-state index contributed by atoms with van der Waals surface area (Å²) in [4.78, 5) is 23.3. The summed E-state index contributed by atoms with van der Waals surface area (Å²) in [7, 11) is 2.07. The molecule has 1 atom stereocenters. The second-order valence-corrected chi connectivity index (χ2v) is 6.05. The summed E-state index contributed by atoms with van der Waals surface area (Å²) >= 11 is 3.40. The van der Waals surface area contributed by atoms with Gasteiger partial charge in [-0.05, 0) is 25.6 Å². The van der Waals surface area contributed by atoms with Gasteiger partial charge in [-0.2, -0.15) is 0 Å². The SMILES string of the molecule is CN1CC[C@]2(CC(=O)C(c3cc(Br)ccn3)=N2)C1. The molecular formula is C13H14BrN3O. The van der Waals surface area contributed by atoms with Crippen molar-refractivity contribution in [3.05, 3.63) is 28.5 Å². The predicted molar refractivity (Wildman–Crippen MR) is 72.9 cm³/mol. The normalized spacial score (nSPS) is 28.1. The van der Waals surface area contributed by atoms with Gasteiger partial charge in [0.25, 0.3) is 0 Å². The quantitative estimate of drug-likeness (QED) is 0.793. The number of likely N-dealkylation sites (tertiary alicyclic amines) is 1. The number of halogens is 1. The van der Waals surface area contributed by atoms with Crippen LogP contribution in [0.15, 0.2) is 27.8 Å². The maximum Gasteiger partial charge on any atom is 0.185 e. The van der Waals surface area contributed by atoms with Crippen LogP contribution in [0.1, 0.15) is 18.5 Å². The van der Waals surface area contributed by atoms with Crippen LogP contribution in [0.25, 0.3) is 0 Å². The van der Waals surface area contributed by atoms with E-state index in [1.807, 2.05) is 12.1 Å². The van der Waals surface area contributed by atoms with Crippen LogP contribution >= 0.6 is 15.9 Å². The van der Waals surface area contributed by atoms with Crippen molar-refractivity contribution in [1.29, 1.82) is 0 Å². The summed E-state index contributed by atoms with van der Waals surface area (Å²) in [5.74, 6) is 0.121. The molecule has 0 N–H and O–H groups in total. The Kier molecular flexibility index (Phi) is 2.83. The van der Waals surface area contributed by atoms with E-state index in [9.17, 15) is 4.79 Å². The molecule has 18 heavy (non-hydrogen) atoms. The maximum absolute atomic E-state index is 12.1. The Balaban J connectivity index is 1.97. The van der Waals surface area contributed by atoms with E-state index in [4.69, 9.17) is 4.99 Å². The Hall–Kier alpha value is -1.07. The number of carbonyl (C=O) groups excluding carboxylic acids is 1. The zero-order valence-electron chi connectivity index (χ0n) is 10.2. The number of nitrogens with zero attached hydrogens (tertiary/aromatic N) is 3. The van der Waals surface area contributed by atoms with Crippen molar-refractivity contribution in [2.75, 3.05) is 20.1 Å². The zero-order valence-corrected chi connectivity index (χ0v) is 11.8. The molecule has 4 nitrogen and oxygen atoms in total. The molecule has 94 valence electrons. The first-order valence-corrected chi connectivity index (χ1v) is 6.81. The predicted octanol–water partition coefficient (Wildman–Crippen LogP) is 1.68. The van der Waals surface area contributed by atoms with Crippen molar-refractivity contribution >= 4 is 27.4 Å². The third-order valence-electron chi connectivity index (χ3n) is 3.59. The van der Waals surface area contributed by atoms with Crippen LogP contribution in [0.3, 0.4) is 0 Å². The number of ketones is 1. The minimum atomic E-state index is -0.189. The molecule has 0 amide bonds. The van der Waals surface area contributed by atoms with E-state index in [1.54, 1.807) is 6.20 Å². The van der Waals surface area contributed by atoms with Gasteiger partial charge in [0.2, 0.25) is 0 Å². The number of hydrogen-bond donors (Lipinski definition) is 0. The monoisotopic (exact) mass is 307 g/mol. The van der Waals surface area contributed by atoms with Crippen molar-refractivity contribution in [3.8, 4) is 0 Å². The highest BCUT2D eigenvalue weighted by Gasteiger charge is 2.44. The standard InChI is InChI=1S/C13H14BrN3O/c1-17-5-3-13(8-17)7-11(18)12(16-13)10-6-9(14)2-4-15-10/h2,4,6H,3,5,7-8H2,1H3/t13-/m0/s1. The Labute approximate surface area is 114 Å². The molecule has 3 rings (SSSR count). The summed E-state index contributed by atoms with van der Waals surface area (Å²) < 4.78 is 0.924. The number of aromatic nitrogens is 1. The third kappa shape index (κ3) is 2.01. The summed E-state index contributed by atoms with van der Waals surface area (Å²) in [5, 5.41) is 0. The molecule has 1 spiro atoms. The summed E-state index contributed by atoms with van der Waals surface area (Å²) in [6.07, 6.45) is 3.19. The van der Waals surface area contributed by atoms with Gasteiger partial charge in [0.15, 0.2) is 5.78 Å². The minimum absolute atomic E-state index is 0.121. The van der Waals surface area contributed by atoms with Crippen LogP contribution in [-0.2, 0) is 4.79 Å². The lowest BCUT2D eigenvalue weighted by atomic mass is 9.95. The van der Waals surface area contributed by atoms with E-state index in [1.165, 1.54) is 0 Å². The fraction of sp³-hybridized carbons (Fsp3) is 0.462. The molecule has 0 radical (unpaired) electrons. The lowest BCUT2D eigenvalue weighted by Crippen LogP contribution is -2.28. The van der Waals surface area contributed by atoms with Gasteiger partial charge in [0.05, 0.1) is 11.2 Å². The molecule has 1 aromatic rings. The Morgan fingerprint density at radius 2 is 2.33 bits per heavy atom. The molecule has 2 aliphatic heterocycles. The van der Waals surface area contributed by atoms with Gasteiger partial charge >= 0.3 is 0 Å². The van der Waals surface area contributed by atoms with Crippen molar-refractivity contribution in [2.45, 2.75) is 18.4 Å². The molecular weight excluding hydrogens is 294 g/mol. The van der Waals surface area contributed by atoms with Crippen LogP contribution in [0.2, 0.25) is 0 Å². The van der Waals surface area contributed by atoms with E-state index >= 15 is 0 Å². The van der Waals surface area contributed by atoms with E-state index in [0.29, 0.717) is 17.8 Å². The molecule has 0 aromatic carbocycles. The highest BCUT2D eigenvalue weighted by Crippen LogP contribution is 2.34. The number of Topliss-reactive ketones (excluding diaryl/α,β-unsaturated/α-hetero) is 1. The number of likely N-dealkylation sites (N-methyl/N-ethyl adjacent to an activating group) is 1. The van der Waals surface area contributed by atoms with Crippen LogP contribution in [0.4, 0.5) is 0 Å². The molecule has 0 aliphatic carbocycles. The highest BCUT2D eigenvalue weighted by molar-refractivity contribution is 9.10. The van der Waals surface area contributed by atoms with Crippen LogP contribution in [0.5, 0.6) is 0 Å². The molecule has 2 aliphatic rings. The Morgan fingerprint density at radius 1 is 1.50 bits per heavy atom. The average molecular weight is 308 g/mol. The first-order valence-electron chi connectivity index (χ1n) is 6.02. The molecule has 1 aromatic heterocycles. The van der Waals surface area contributed by atoms with Gasteiger partial charge < -0.3 is 4.90 Å². The van der Waals surface area contributed by atoms with Crippen LogP contribution in [0, 0.1) is 0 Å². The van der Waals surface area contributed by atoms with Crippen LogP contribution in [-0.4, -0.2) is 47.1 Å². The summed E-state index contributed by atoms with van der Waals surface area (Å²) in [6.45, 7) is 1.88. The van der Waals surface area contributed by atoms with Gasteiger partial charge in [-0.15, -0.1) is 0 Å². The topological polar surface area (TPSA) is 45.6 Å². The maximum atomic E-state index is 12.1. The van der Waals surface area contributed by atoms with Crippen molar-refractivity contribution in [2.24, 2.45) is 4.99 Å². The number of rotatable bonds is 1. The highest BCUT2D eigenvalue weighted by atomic mass is 79.9. The Bertz CT molecular complexity index is 543. The lowest BCUT2D eigenvalue weighted by molar-refractivity contribution is -0.113. The number of aliphatic imine (C=N–C) groups is 1. The van der Waals surface area contributed by atoms with Crippen molar-refractivity contribution in [1.82, 2.24) is 9.88 Å². The van der Waals surface area contributed by atoms with Gasteiger partial charge in [0, 0.05) is 30.2 Å². The van der Waals surface area contributed by atoms with Gasteiger partial charge in [-0.1, -0.05) is 15.9 Å². The Morgan fingerprint density at radius 3 is 3.00 bits per heavy atom. The molecule has 1 saturated heterocycles. The zero-order chi connectivity index (χ0) is 12.8. The lowest BCUT2D eigenvalue weighted by Gasteiger charge is -2.17. The second kappa shape index (κ2) is 4.24. The van der Waals surface area contributed by atoms with Gasteiger partial charge in [0.1, 0.15) is 5.71 Å². The minimum Gasteiger partial charge on any atom is -0.304 e. The largest absolute Gasteiger partial charge is 0.304 e. The molecule has 1 fully saturated rings. The van der Waals surface area contributed by atoms with E-state index in [0.717, 1.165) is 24.0 Å². The van der Waals surface area contributed by atoms with Gasteiger partial charge in [-0.3, -0.25) is 14.8 Å². The fourth-order valence-electron chi connectivity index (χ4n) is 2.75. The molecule has 5 heteroatoms. The summed E-state index contributed by atoms with van der Waals surface area (Å²) in [5.41, 5.74) is 1.04. The molecule has 3 heterocycles. The summed E-state index contributed by atoms with van der Waals surface area (Å²) in [6, 6.07) is 3.71. The van der Waals surface area contributed by atoms with E-state index in [-0.39, 0.29) is 11.3 Å². The number of pyridine rings is 1. The van der Waals surface area contributed by atoms with E-state index < -0.39 is 0 Å². The first-order chi connectivity index (χ1) is 8.58. The van der Waals surface area contributed by atoms with Crippen LogP contribution < -0.4 is 0 Å². The fourth-order valence-corrected chi connectivity index (χ4v) is 3.09. The average Bonchev–Trinajstić information content (AvgIpc) is 2.83. The third-order valence-corrected chi connectivity index (χ3v) is 4.08. The van der Waals surface area contributed by atoms with Crippen molar-refractivity contribution in [3.63, 3.8) is 0 Å². The molecule has 0 bridgehead atoms. The molecule has 0 saturated carbocycles. The smallest absolute Gasteiger partial charge is 0.185 e. The van der Waals surface area contributed by atoms with E-state index in [2.05, 4.69) is 32.9 Å². The number of hydrogen-bond acceptors (Lipinski definition) is 4. The number of carbonyl (C=O) groups is 1. The van der Waals surface area contributed by atoms with Gasteiger partial charge in [-0.25, -0.2) is 0 Å². The first kappa shape index (κ1) is 12.0. The second-order valence-electron chi connectivity index (χ2n) is 5.13.